The Bertz CT molecular complexity index is 540. The monoisotopic (exact) mass is 295 g/mol. The van der Waals surface area contributed by atoms with Crippen molar-refractivity contribution in [3.63, 3.8) is 0 Å². The van der Waals surface area contributed by atoms with Gasteiger partial charge in [0.05, 0.1) is 5.60 Å². The third-order valence-electron chi connectivity index (χ3n) is 4.67. The maximum Gasteiger partial charge on any atom is 0.0758 e. The van der Waals surface area contributed by atoms with Crippen molar-refractivity contribution in [3.8, 4) is 0 Å². The Kier molecular flexibility index (Phi) is 4.60. The molecule has 116 valence electrons. The van der Waals surface area contributed by atoms with Gasteiger partial charge < -0.3 is 10.0 Å². The first-order chi connectivity index (χ1) is 10.6. The van der Waals surface area contributed by atoms with Crippen LogP contribution in [0.3, 0.4) is 0 Å². The first-order valence-corrected chi connectivity index (χ1v) is 8.19. The fourth-order valence-electron chi connectivity index (χ4n) is 3.44. The van der Waals surface area contributed by atoms with Crippen LogP contribution in [0.4, 0.5) is 0 Å². The minimum absolute atomic E-state index is 0.424. The summed E-state index contributed by atoms with van der Waals surface area (Å²) < 4.78 is 0. The first kappa shape index (κ1) is 15.3. The normalized spacial score (nSPS) is 22.3. The van der Waals surface area contributed by atoms with Crippen LogP contribution in [0, 0.1) is 0 Å². The fourth-order valence-corrected chi connectivity index (χ4v) is 3.44. The van der Waals surface area contributed by atoms with Gasteiger partial charge in [0.25, 0.3) is 0 Å². The molecular weight excluding hydrogens is 270 g/mol. The molecule has 1 N–H and O–H groups in total. The third kappa shape index (κ3) is 3.76. The summed E-state index contributed by atoms with van der Waals surface area (Å²) in [7, 11) is 0. The van der Waals surface area contributed by atoms with E-state index in [9.17, 15) is 5.11 Å². The third-order valence-corrected chi connectivity index (χ3v) is 4.67. The quantitative estimate of drug-likeness (QED) is 0.910. The number of likely N-dealkylation sites (tertiary alicyclic amines) is 1. The molecule has 2 heteroatoms. The summed E-state index contributed by atoms with van der Waals surface area (Å²) in [5.74, 6) is 0.424. The van der Waals surface area contributed by atoms with Crippen molar-refractivity contribution in [1.82, 2.24) is 4.90 Å². The Labute approximate surface area is 133 Å². The Morgan fingerprint density at radius 3 is 2.00 bits per heavy atom. The second-order valence-electron chi connectivity index (χ2n) is 6.69. The van der Waals surface area contributed by atoms with Crippen LogP contribution in [0.15, 0.2) is 60.7 Å². The molecule has 0 aliphatic carbocycles. The molecule has 0 saturated carbocycles. The molecule has 1 atom stereocenters. The largest absolute Gasteiger partial charge is 0.389 e. The van der Waals surface area contributed by atoms with E-state index in [0.717, 1.165) is 32.5 Å². The number of benzene rings is 2. The van der Waals surface area contributed by atoms with E-state index < -0.39 is 5.60 Å². The van der Waals surface area contributed by atoms with E-state index in [2.05, 4.69) is 65.6 Å². The highest BCUT2D eigenvalue weighted by molar-refractivity contribution is 5.32. The zero-order chi connectivity index (χ0) is 15.4. The highest BCUT2D eigenvalue weighted by Gasteiger charge is 2.31. The maximum absolute atomic E-state index is 10.1. The van der Waals surface area contributed by atoms with Gasteiger partial charge in [-0.1, -0.05) is 60.7 Å². The van der Waals surface area contributed by atoms with Crippen molar-refractivity contribution in [3.05, 3.63) is 71.8 Å². The van der Waals surface area contributed by atoms with Crippen LogP contribution in [0.2, 0.25) is 0 Å². The number of hydrogen-bond donors (Lipinski definition) is 1. The van der Waals surface area contributed by atoms with Crippen LogP contribution < -0.4 is 0 Å². The molecule has 1 heterocycles. The molecule has 3 rings (SSSR count). The summed E-state index contributed by atoms with van der Waals surface area (Å²) in [5.41, 5.74) is 2.24. The van der Waals surface area contributed by atoms with Crippen molar-refractivity contribution in [1.29, 1.82) is 0 Å². The molecule has 0 spiro atoms. The Morgan fingerprint density at radius 1 is 1.00 bits per heavy atom. The average molecular weight is 295 g/mol. The fraction of sp³-hybridized carbons (Fsp3) is 0.400. The predicted octanol–water partition coefficient (Wildman–Crippen LogP) is 3.67. The molecule has 1 fully saturated rings. The Hall–Kier alpha value is -1.64. The van der Waals surface area contributed by atoms with E-state index in [1.165, 1.54) is 11.1 Å². The second kappa shape index (κ2) is 6.64. The SMILES string of the molecule is CC1(O)CCN(CCC(c2ccccc2)c2ccccc2)C1. The number of β-amino-alcohol motifs (C(OH)–C–C–N with tert-alkyl or cyclic N) is 1. The summed E-state index contributed by atoms with van der Waals surface area (Å²) in [4.78, 5) is 2.39. The van der Waals surface area contributed by atoms with Crippen molar-refractivity contribution in [2.75, 3.05) is 19.6 Å². The maximum atomic E-state index is 10.1. The second-order valence-corrected chi connectivity index (χ2v) is 6.69. The summed E-state index contributed by atoms with van der Waals surface area (Å²) >= 11 is 0. The van der Waals surface area contributed by atoms with Gasteiger partial charge in [-0.2, -0.15) is 0 Å². The minimum atomic E-state index is -0.505. The summed E-state index contributed by atoms with van der Waals surface area (Å²) in [6, 6.07) is 21.5. The van der Waals surface area contributed by atoms with Gasteiger partial charge in [-0.25, -0.2) is 0 Å². The van der Waals surface area contributed by atoms with E-state index >= 15 is 0 Å². The molecule has 2 aromatic carbocycles. The zero-order valence-electron chi connectivity index (χ0n) is 13.3. The molecule has 1 aliphatic rings. The topological polar surface area (TPSA) is 23.5 Å². The molecule has 1 aliphatic heterocycles. The molecule has 1 unspecified atom stereocenters. The summed E-state index contributed by atoms with van der Waals surface area (Å²) in [6.45, 7) is 4.77. The van der Waals surface area contributed by atoms with E-state index in [1.807, 2.05) is 6.92 Å². The lowest BCUT2D eigenvalue weighted by atomic mass is 9.88. The van der Waals surface area contributed by atoms with E-state index in [-0.39, 0.29) is 0 Å². The van der Waals surface area contributed by atoms with Gasteiger partial charge in [0.1, 0.15) is 0 Å². The van der Waals surface area contributed by atoms with Gasteiger partial charge in [-0.3, -0.25) is 0 Å². The number of nitrogens with zero attached hydrogens (tertiary/aromatic N) is 1. The standard InChI is InChI=1S/C20H25NO/c1-20(22)13-15-21(16-20)14-12-19(17-8-4-2-5-9-17)18-10-6-3-7-11-18/h2-11,19,22H,12-16H2,1H3. The zero-order valence-corrected chi connectivity index (χ0v) is 13.3. The smallest absolute Gasteiger partial charge is 0.0758 e. The van der Waals surface area contributed by atoms with Crippen molar-refractivity contribution in [2.45, 2.75) is 31.3 Å². The lowest BCUT2D eigenvalue weighted by molar-refractivity contribution is 0.0685. The summed E-state index contributed by atoms with van der Waals surface area (Å²) in [5, 5.41) is 10.1. The van der Waals surface area contributed by atoms with Gasteiger partial charge in [-0.15, -0.1) is 0 Å². The van der Waals surface area contributed by atoms with Crippen LogP contribution in [0.5, 0.6) is 0 Å². The molecular formula is C20H25NO. The van der Waals surface area contributed by atoms with Crippen LogP contribution in [-0.4, -0.2) is 35.2 Å². The van der Waals surface area contributed by atoms with Gasteiger partial charge in [0, 0.05) is 19.0 Å². The molecule has 0 aromatic heterocycles. The van der Waals surface area contributed by atoms with Crippen LogP contribution >= 0.6 is 0 Å². The average Bonchev–Trinajstić information content (AvgIpc) is 2.89. The Balaban J connectivity index is 1.73. The van der Waals surface area contributed by atoms with Gasteiger partial charge in [0.15, 0.2) is 0 Å². The number of hydrogen-bond acceptors (Lipinski definition) is 2. The van der Waals surface area contributed by atoms with E-state index in [1.54, 1.807) is 0 Å². The number of rotatable bonds is 5. The molecule has 0 radical (unpaired) electrons. The lowest BCUT2D eigenvalue weighted by Crippen LogP contribution is -2.30. The Morgan fingerprint density at radius 2 is 1.55 bits per heavy atom. The van der Waals surface area contributed by atoms with Gasteiger partial charge in [0.2, 0.25) is 0 Å². The van der Waals surface area contributed by atoms with Gasteiger partial charge >= 0.3 is 0 Å². The molecule has 22 heavy (non-hydrogen) atoms. The molecule has 0 amide bonds. The number of aliphatic hydroxyl groups is 1. The summed E-state index contributed by atoms with van der Waals surface area (Å²) in [6.07, 6.45) is 1.97. The molecule has 1 saturated heterocycles. The predicted molar refractivity (Wildman–Crippen MR) is 91.0 cm³/mol. The molecule has 2 nitrogen and oxygen atoms in total. The van der Waals surface area contributed by atoms with Crippen LogP contribution in [0.25, 0.3) is 0 Å². The minimum Gasteiger partial charge on any atom is -0.389 e. The van der Waals surface area contributed by atoms with E-state index in [4.69, 9.17) is 0 Å². The highest BCUT2D eigenvalue weighted by atomic mass is 16.3. The highest BCUT2D eigenvalue weighted by Crippen LogP contribution is 2.29. The first-order valence-electron chi connectivity index (χ1n) is 8.19. The molecule has 0 bridgehead atoms. The van der Waals surface area contributed by atoms with Crippen molar-refractivity contribution < 1.29 is 5.11 Å². The van der Waals surface area contributed by atoms with Crippen LogP contribution in [0.1, 0.15) is 36.8 Å². The molecule has 2 aromatic rings. The lowest BCUT2D eigenvalue weighted by Gasteiger charge is -2.23. The van der Waals surface area contributed by atoms with Crippen LogP contribution in [-0.2, 0) is 0 Å². The van der Waals surface area contributed by atoms with Crippen molar-refractivity contribution in [2.24, 2.45) is 0 Å². The van der Waals surface area contributed by atoms with Crippen molar-refractivity contribution >= 4 is 0 Å². The van der Waals surface area contributed by atoms with Gasteiger partial charge in [-0.05, 0) is 37.4 Å². The van der Waals surface area contributed by atoms with E-state index in [0.29, 0.717) is 5.92 Å².